The Morgan fingerprint density at radius 2 is 2.29 bits per heavy atom. The molecule has 0 unspecified atom stereocenters. The first kappa shape index (κ1) is 12.4. The van der Waals surface area contributed by atoms with E-state index < -0.39 is 5.60 Å². The Morgan fingerprint density at radius 3 is 2.82 bits per heavy atom. The van der Waals surface area contributed by atoms with E-state index in [0.717, 1.165) is 13.0 Å². The minimum Gasteiger partial charge on any atom is -0.444 e. The third-order valence-electron chi connectivity index (χ3n) is 3.26. The lowest BCUT2D eigenvalue weighted by atomic mass is 10.0. The highest BCUT2D eigenvalue weighted by Crippen LogP contribution is 2.36. The van der Waals surface area contributed by atoms with Crippen molar-refractivity contribution in [3.05, 3.63) is 11.6 Å². The number of amides is 1. The van der Waals surface area contributed by atoms with Gasteiger partial charge in [-0.1, -0.05) is 6.08 Å². The fraction of sp³-hybridized carbons (Fsp3) is 0.769. The number of nitrogens with zero attached hydrogens (tertiary/aromatic N) is 1. The third kappa shape index (κ3) is 2.80. The van der Waals surface area contributed by atoms with Crippen molar-refractivity contribution in [3.8, 4) is 0 Å². The molecule has 4 nitrogen and oxygen atoms in total. The van der Waals surface area contributed by atoms with Crippen molar-refractivity contribution < 1.29 is 14.6 Å². The van der Waals surface area contributed by atoms with Gasteiger partial charge in [-0.2, -0.15) is 0 Å². The molecule has 1 amide bonds. The second-order valence-corrected chi connectivity index (χ2v) is 5.98. The summed E-state index contributed by atoms with van der Waals surface area (Å²) in [5.74, 6) is 0.718. The van der Waals surface area contributed by atoms with Gasteiger partial charge in [0, 0.05) is 25.6 Å². The predicted molar refractivity (Wildman–Crippen MR) is 64.6 cm³/mol. The molecule has 2 aliphatic rings. The van der Waals surface area contributed by atoms with E-state index in [1.807, 2.05) is 20.8 Å². The second-order valence-electron chi connectivity index (χ2n) is 5.98. The molecular weight excluding hydrogens is 218 g/mol. The van der Waals surface area contributed by atoms with Gasteiger partial charge in [-0.25, -0.2) is 4.79 Å². The van der Waals surface area contributed by atoms with Crippen LogP contribution in [0, 0.1) is 11.8 Å². The Balaban J connectivity index is 1.94. The molecule has 2 atom stereocenters. The van der Waals surface area contributed by atoms with Crippen molar-refractivity contribution >= 4 is 6.09 Å². The highest BCUT2D eigenvalue weighted by atomic mass is 16.6. The quantitative estimate of drug-likeness (QED) is 0.710. The molecule has 0 aromatic carbocycles. The number of carbonyl (C=O) groups is 1. The fourth-order valence-electron chi connectivity index (χ4n) is 2.54. The highest BCUT2D eigenvalue weighted by molar-refractivity contribution is 5.69. The molecular formula is C13H21NO3. The van der Waals surface area contributed by atoms with E-state index in [1.54, 1.807) is 4.90 Å². The van der Waals surface area contributed by atoms with Crippen LogP contribution in [0.25, 0.3) is 0 Å². The van der Waals surface area contributed by atoms with Gasteiger partial charge < -0.3 is 14.7 Å². The van der Waals surface area contributed by atoms with Gasteiger partial charge in [0.05, 0.1) is 0 Å². The van der Waals surface area contributed by atoms with E-state index in [4.69, 9.17) is 9.84 Å². The largest absolute Gasteiger partial charge is 0.444 e. The number of ether oxygens (including phenoxy) is 1. The molecule has 0 aromatic heterocycles. The molecule has 0 aromatic rings. The number of hydrogen-bond donors (Lipinski definition) is 1. The Kier molecular flexibility index (Phi) is 3.17. The molecule has 1 N–H and O–H groups in total. The average Bonchev–Trinajstić information content (AvgIpc) is 2.70. The standard InChI is InChI=1S/C13H21NO3/c1-13(2,3)17-12(16)14-6-10-4-9(8-15)5-11(10)7-14/h4,9,11,15H,5-8H2,1-3H3/t9-,11+/m0/s1. The first-order chi connectivity index (χ1) is 7.89. The summed E-state index contributed by atoms with van der Waals surface area (Å²) in [4.78, 5) is 13.6. The zero-order valence-electron chi connectivity index (χ0n) is 10.8. The van der Waals surface area contributed by atoms with Gasteiger partial charge in [0.1, 0.15) is 5.60 Å². The molecule has 1 aliphatic heterocycles. The molecule has 0 radical (unpaired) electrons. The zero-order chi connectivity index (χ0) is 12.6. The number of aliphatic hydroxyl groups is 1. The maximum atomic E-state index is 11.9. The minimum atomic E-state index is -0.434. The van der Waals surface area contributed by atoms with E-state index in [9.17, 15) is 4.79 Å². The molecule has 1 fully saturated rings. The lowest BCUT2D eigenvalue weighted by molar-refractivity contribution is 0.0287. The number of aliphatic hydroxyl groups excluding tert-OH is 1. The molecule has 2 rings (SSSR count). The number of fused-ring (bicyclic) bond motifs is 1. The summed E-state index contributed by atoms with van der Waals surface area (Å²) in [6.45, 7) is 7.24. The molecule has 1 aliphatic carbocycles. The smallest absolute Gasteiger partial charge is 0.410 e. The summed E-state index contributed by atoms with van der Waals surface area (Å²) < 4.78 is 5.35. The maximum Gasteiger partial charge on any atom is 0.410 e. The molecule has 17 heavy (non-hydrogen) atoms. The maximum absolute atomic E-state index is 11.9. The number of hydrogen-bond acceptors (Lipinski definition) is 3. The molecule has 0 saturated carbocycles. The summed E-state index contributed by atoms with van der Waals surface area (Å²) in [5, 5.41) is 9.10. The number of carbonyl (C=O) groups excluding carboxylic acids is 1. The van der Waals surface area contributed by atoms with E-state index in [1.165, 1.54) is 5.57 Å². The summed E-state index contributed by atoms with van der Waals surface area (Å²) in [6.07, 6.45) is 2.86. The van der Waals surface area contributed by atoms with Crippen LogP contribution in [0.2, 0.25) is 0 Å². The third-order valence-corrected chi connectivity index (χ3v) is 3.26. The monoisotopic (exact) mass is 239 g/mol. The van der Waals surface area contributed by atoms with E-state index in [2.05, 4.69) is 6.08 Å². The van der Waals surface area contributed by atoms with Crippen molar-refractivity contribution in [1.82, 2.24) is 4.90 Å². The Hall–Kier alpha value is -1.03. The summed E-state index contributed by atoms with van der Waals surface area (Å²) in [6, 6.07) is 0. The summed E-state index contributed by atoms with van der Waals surface area (Å²) in [5.41, 5.74) is 0.853. The van der Waals surface area contributed by atoms with Gasteiger partial charge in [0.15, 0.2) is 0 Å². The minimum absolute atomic E-state index is 0.215. The lowest BCUT2D eigenvalue weighted by Gasteiger charge is -2.24. The molecule has 1 heterocycles. The first-order valence-corrected chi connectivity index (χ1v) is 6.18. The predicted octanol–water partition coefficient (Wildman–Crippen LogP) is 1.79. The van der Waals surface area contributed by atoms with Crippen LogP contribution in [0.3, 0.4) is 0 Å². The number of likely N-dealkylation sites (tertiary alicyclic amines) is 1. The lowest BCUT2D eigenvalue weighted by Crippen LogP contribution is -2.35. The Morgan fingerprint density at radius 1 is 1.59 bits per heavy atom. The Bertz CT molecular complexity index is 343. The molecule has 1 saturated heterocycles. The van der Waals surface area contributed by atoms with Gasteiger partial charge in [-0.3, -0.25) is 0 Å². The van der Waals surface area contributed by atoms with Gasteiger partial charge in [0.2, 0.25) is 0 Å². The van der Waals surface area contributed by atoms with Crippen molar-refractivity contribution in [2.24, 2.45) is 11.8 Å². The first-order valence-electron chi connectivity index (χ1n) is 6.18. The van der Waals surface area contributed by atoms with E-state index in [-0.39, 0.29) is 18.6 Å². The SMILES string of the molecule is CC(C)(C)OC(=O)N1CC2=C[C@H](CO)C[C@@H]2C1. The second kappa shape index (κ2) is 4.33. The van der Waals surface area contributed by atoms with Crippen LogP contribution >= 0.6 is 0 Å². The van der Waals surface area contributed by atoms with Crippen molar-refractivity contribution in [2.75, 3.05) is 19.7 Å². The van der Waals surface area contributed by atoms with Crippen molar-refractivity contribution in [1.29, 1.82) is 0 Å². The van der Waals surface area contributed by atoms with Crippen LogP contribution in [0.4, 0.5) is 4.79 Å². The van der Waals surface area contributed by atoms with Crippen molar-refractivity contribution in [2.45, 2.75) is 32.8 Å². The van der Waals surface area contributed by atoms with Gasteiger partial charge >= 0.3 is 6.09 Å². The van der Waals surface area contributed by atoms with Gasteiger partial charge in [-0.15, -0.1) is 0 Å². The summed E-state index contributed by atoms with van der Waals surface area (Å²) >= 11 is 0. The van der Waals surface area contributed by atoms with Crippen molar-refractivity contribution in [3.63, 3.8) is 0 Å². The summed E-state index contributed by atoms with van der Waals surface area (Å²) in [7, 11) is 0. The molecule has 0 bridgehead atoms. The molecule has 0 spiro atoms. The normalized spacial score (nSPS) is 28.0. The van der Waals surface area contributed by atoms with Gasteiger partial charge in [-0.05, 0) is 38.7 Å². The van der Waals surface area contributed by atoms with Crippen LogP contribution in [0.15, 0.2) is 11.6 Å². The molecule has 96 valence electrons. The Labute approximate surface area is 102 Å². The van der Waals surface area contributed by atoms with E-state index in [0.29, 0.717) is 12.5 Å². The molecule has 4 heteroatoms. The fourth-order valence-corrected chi connectivity index (χ4v) is 2.54. The van der Waals surface area contributed by atoms with E-state index >= 15 is 0 Å². The number of rotatable bonds is 1. The van der Waals surface area contributed by atoms with Crippen LogP contribution in [-0.2, 0) is 4.74 Å². The zero-order valence-corrected chi connectivity index (χ0v) is 10.8. The van der Waals surface area contributed by atoms with Gasteiger partial charge in [0.25, 0.3) is 0 Å². The van der Waals surface area contributed by atoms with Crippen LogP contribution in [0.1, 0.15) is 27.2 Å². The van der Waals surface area contributed by atoms with Crippen LogP contribution in [0.5, 0.6) is 0 Å². The highest BCUT2D eigenvalue weighted by Gasteiger charge is 2.37. The topological polar surface area (TPSA) is 49.8 Å². The van der Waals surface area contributed by atoms with Crippen LogP contribution < -0.4 is 0 Å². The van der Waals surface area contributed by atoms with Crippen LogP contribution in [-0.4, -0.2) is 41.4 Å². The average molecular weight is 239 g/mol.